The van der Waals surface area contributed by atoms with Gasteiger partial charge >= 0.3 is 0 Å². The van der Waals surface area contributed by atoms with Crippen molar-refractivity contribution in [2.24, 2.45) is 0 Å². The van der Waals surface area contributed by atoms with Crippen molar-refractivity contribution < 1.29 is 9.59 Å². The fraction of sp³-hybridized carbons (Fsp3) is 0.333. The molecule has 27 heavy (non-hydrogen) atoms. The van der Waals surface area contributed by atoms with Gasteiger partial charge in [0.1, 0.15) is 0 Å². The minimum Gasteiger partial charge on any atom is -0.315 e. The van der Waals surface area contributed by atoms with Crippen molar-refractivity contribution in [3.63, 3.8) is 0 Å². The standard InChI is InChI=1S/C21H21ClN2O2S/c1-3-19(25)24-10-11-27-21(24)16-12-14(2)8-9-18(16)23(20(21)26)13-15-6-4-5-7-17(15)22/h4-9,12H,3,10-11,13H2,1-2H3/t21-/m0/s1. The Kier molecular flexibility index (Phi) is 4.68. The summed E-state index contributed by atoms with van der Waals surface area (Å²) in [4.78, 5) is 29.0. The molecule has 4 nitrogen and oxygen atoms in total. The Morgan fingerprint density at radius 1 is 1.26 bits per heavy atom. The molecular weight excluding hydrogens is 380 g/mol. The van der Waals surface area contributed by atoms with Crippen LogP contribution in [0.2, 0.25) is 5.02 Å². The van der Waals surface area contributed by atoms with Crippen molar-refractivity contribution >= 4 is 40.9 Å². The maximum absolute atomic E-state index is 13.7. The van der Waals surface area contributed by atoms with E-state index in [0.717, 1.165) is 28.1 Å². The summed E-state index contributed by atoms with van der Waals surface area (Å²) in [7, 11) is 0. The molecule has 1 saturated heterocycles. The molecule has 0 saturated carbocycles. The summed E-state index contributed by atoms with van der Waals surface area (Å²) < 4.78 is 0. The van der Waals surface area contributed by atoms with Crippen LogP contribution in [0, 0.1) is 6.92 Å². The van der Waals surface area contributed by atoms with Crippen LogP contribution >= 0.6 is 23.4 Å². The number of rotatable bonds is 3. The summed E-state index contributed by atoms with van der Waals surface area (Å²) >= 11 is 7.91. The van der Waals surface area contributed by atoms with Gasteiger partial charge in [-0.05, 0) is 24.6 Å². The summed E-state index contributed by atoms with van der Waals surface area (Å²) in [5, 5.41) is 0.639. The highest BCUT2D eigenvalue weighted by Gasteiger charge is 2.59. The minimum absolute atomic E-state index is 0.0143. The average molecular weight is 401 g/mol. The molecule has 1 fully saturated rings. The number of halogens is 1. The molecule has 2 heterocycles. The van der Waals surface area contributed by atoms with Crippen molar-refractivity contribution in [2.75, 3.05) is 17.2 Å². The number of thioether (sulfide) groups is 1. The van der Waals surface area contributed by atoms with E-state index in [1.165, 1.54) is 0 Å². The van der Waals surface area contributed by atoms with Gasteiger partial charge in [-0.15, -0.1) is 11.8 Å². The number of aryl methyl sites for hydroxylation is 1. The molecule has 1 spiro atoms. The van der Waals surface area contributed by atoms with E-state index in [2.05, 4.69) is 0 Å². The van der Waals surface area contributed by atoms with Crippen LogP contribution in [0.4, 0.5) is 5.69 Å². The highest BCUT2D eigenvalue weighted by Crippen LogP contribution is 2.54. The molecule has 0 N–H and O–H groups in total. The molecule has 0 aromatic heterocycles. The number of anilines is 1. The number of hydrogen-bond donors (Lipinski definition) is 0. The van der Waals surface area contributed by atoms with E-state index in [9.17, 15) is 9.59 Å². The van der Waals surface area contributed by atoms with Gasteiger partial charge in [0.25, 0.3) is 5.91 Å². The number of fused-ring (bicyclic) bond motifs is 2. The van der Waals surface area contributed by atoms with Crippen LogP contribution in [0.3, 0.4) is 0 Å². The highest BCUT2D eigenvalue weighted by molar-refractivity contribution is 8.01. The monoisotopic (exact) mass is 400 g/mol. The van der Waals surface area contributed by atoms with Crippen molar-refractivity contribution in [3.05, 3.63) is 64.2 Å². The van der Waals surface area contributed by atoms with Crippen LogP contribution in [0.15, 0.2) is 42.5 Å². The molecule has 4 rings (SSSR count). The van der Waals surface area contributed by atoms with Crippen LogP contribution in [0.5, 0.6) is 0 Å². The van der Waals surface area contributed by atoms with E-state index in [4.69, 9.17) is 11.6 Å². The largest absolute Gasteiger partial charge is 0.315 e. The fourth-order valence-corrected chi connectivity index (χ4v) is 5.60. The molecular formula is C21H21ClN2O2S. The predicted octanol–water partition coefficient (Wildman–Crippen LogP) is 4.33. The number of carbonyl (C=O) groups excluding carboxylic acids is 2. The maximum Gasteiger partial charge on any atom is 0.268 e. The zero-order valence-electron chi connectivity index (χ0n) is 15.4. The summed E-state index contributed by atoms with van der Waals surface area (Å²) in [6.45, 7) is 4.85. The molecule has 140 valence electrons. The van der Waals surface area contributed by atoms with E-state index in [-0.39, 0.29) is 11.8 Å². The van der Waals surface area contributed by atoms with Crippen molar-refractivity contribution in [2.45, 2.75) is 31.7 Å². The number of benzene rings is 2. The van der Waals surface area contributed by atoms with Crippen LogP contribution in [0.25, 0.3) is 0 Å². The first-order chi connectivity index (χ1) is 13.0. The molecule has 2 aliphatic heterocycles. The lowest BCUT2D eigenvalue weighted by atomic mass is 10.0. The highest BCUT2D eigenvalue weighted by atomic mass is 35.5. The van der Waals surface area contributed by atoms with Gasteiger partial charge < -0.3 is 9.80 Å². The Labute approximate surface area is 168 Å². The van der Waals surface area contributed by atoms with Crippen LogP contribution in [-0.2, 0) is 21.0 Å². The van der Waals surface area contributed by atoms with E-state index in [1.807, 2.05) is 56.3 Å². The molecule has 2 aromatic rings. The SMILES string of the molecule is CCC(=O)N1CCS[C@@]12C(=O)N(Cc1ccccc1Cl)c1ccc(C)cc12. The molecule has 2 aliphatic rings. The second-order valence-corrected chi connectivity index (χ2v) is 8.59. The molecule has 1 atom stereocenters. The van der Waals surface area contributed by atoms with Crippen molar-refractivity contribution in [3.8, 4) is 0 Å². The van der Waals surface area contributed by atoms with Gasteiger partial charge in [-0.25, -0.2) is 0 Å². The third-order valence-corrected chi connectivity index (χ3v) is 7.03. The molecule has 0 unspecified atom stereocenters. The number of carbonyl (C=O) groups is 2. The lowest BCUT2D eigenvalue weighted by Crippen LogP contribution is -2.50. The minimum atomic E-state index is -0.949. The van der Waals surface area contributed by atoms with E-state index < -0.39 is 4.87 Å². The molecule has 0 aliphatic carbocycles. The van der Waals surface area contributed by atoms with Gasteiger partial charge in [-0.3, -0.25) is 9.59 Å². The summed E-state index contributed by atoms with van der Waals surface area (Å²) in [5.74, 6) is 0.720. The lowest BCUT2D eigenvalue weighted by Gasteiger charge is -2.33. The molecule has 0 radical (unpaired) electrons. The van der Waals surface area contributed by atoms with Crippen LogP contribution < -0.4 is 4.90 Å². The van der Waals surface area contributed by atoms with E-state index in [1.54, 1.807) is 21.6 Å². The van der Waals surface area contributed by atoms with Crippen molar-refractivity contribution in [1.29, 1.82) is 0 Å². The zero-order valence-corrected chi connectivity index (χ0v) is 16.9. The van der Waals surface area contributed by atoms with E-state index in [0.29, 0.717) is 24.5 Å². The van der Waals surface area contributed by atoms with Gasteiger partial charge in [0.05, 0.1) is 12.2 Å². The number of nitrogens with zero attached hydrogens (tertiary/aromatic N) is 2. The van der Waals surface area contributed by atoms with Crippen LogP contribution in [-0.4, -0.2) is 29.0 Å². The first-order valence-electron chi connectivity index (χ1n) is 9.10. The first kappa shape index (κ1) is 18.4. The molecule has 0 bridgehead atoms. The third-order valence-electron chi connectivity index (χ3n) is 5.24. The van der Waals surface area contributed by atoms with Gasteiger partial charge in [0.15, 0.2) is 4.87 Å². The smallest absolute Gasteiger partial charge is 0.268 e. The van der Waals surface area contributed by atoms with E-state index >= 15 is 0 Å². The zero-order chi connectivity index (χ0) is 19.2. The predicted molar refractivity (Wildman–Crippen MR) is 110 cm³/mol. The van der Waals surface area contributed by atoms with Crippen molar-refractivity contribution in [1.82, 2.24) is 4.90 Å². The summed E-state index contributed by atoms with van der Waals surface area (Å²) in [5.41, 5.74) is 3.77. The maximum atomic E-state index is 13.7. The molecule has 2 amide bonds. The second-order valence-electron chi connectivity index (χ2n) is 6.89. The van der Waals surface area contributed by atoms with Gasteiger partial charge in [0.2, 0.25) is 5.91 Å². The Bertz CT molecular complexity index is 932. The third kappa shape index (κ3) is 2.75. The topological polar surface area (TPSA) is 40.6 Å². The quantitative estimate of drug-likeness (QED) is 0.769. The summed E-state index contributed by atoms with van der Waals surface area (Å²) in [6, 6.07) is 13.6. The normalized spacial score (nSPS) is 21.2. The molecule has 2 aromatic carbocycles. The first-order valence-corrected chi connectivity index (χ1v) is 10.5. The number of amides is 2. The second kappa shape index (κ2) is 6.88. The lowest BCUT2D eigenvalue weighted by molar-refractivity contribution is -0.139. The van der Waals surface area contributed by atoms with Gasteiger partial charge in [0, 0.05) is 29.3 Å². The van der Waals surface area contributed by atoms with Crippen LogP contribution in [0.1, 0.15) is 30.0 Å². The Morgan fingerprint density at radius 3 is 2.78 bits per heavy atom. The Balaban J connectivity index is 1.84. The Morgan fingerprint density at radius 2 is 2.04 bits per heavy atom. The van der Waals surface area contributed by atoms with Gasteiger partial charge in [-0.1, -0.05) is 54.4 Å². The van der Waals surface area contributed by atoms with Gasteiger partial charge in [-0.2, -0.15) is 0 Å². The Hall–Kier alpha value is -1.98. The summed E-state index contributed by atoms with van der Waals surface area (Å²) in [6.07, 6.45) is 0.390. The average Bonchev–Trinajstić information content (AvgIpc) is 3.20. The number of hydrogen-bond acceptors (Lipinski definition) is 3. The fourth-order valence-electron chi connectivity index (χ4n) is 3.93. The molecule has 6 heteroatoms.